The van der Waals surface area contributed by atoms with Crippen LogP contribution >= 0.6 is 0 Å². The van der Waals surface area contributed by atoms with Crippen LogP contribution in [0.2, 0.25) is 0 Å². The Kier molecular flexibility index (Phi) is 8.32. The lowest BCUT2D eigenvalue weighted by Crippen LogP contribution is -2.36. The molecule has 166 valence electrons. The molecule has 0 aliphatic carbocycles. The van der Waals surface area contributed by atoms with Crippen LogP contribution in [-0.2, 0) is 21.5 Å². The van der Waals surface area contributed by atoms with Gasteiger partial charge in [-0.2, -0.15) is 8.42 Å². The Morgan fingerprint density at radius 3 is 2.26 bits per heavy atom. The largest absolute Gasteiger partial charge is 0.382 e. The van der Waals surface area contributed by atoms with Crippen molar-refractivity contribution in [1.82, 2.24) is 4.90 Å². The number of nitrogens with zero attached hydrogens (tertiary/aromatic N) is 2. The molecule has 0 heterocycles. The minimum Gasteiger partial charge on any atom is -0.382 e. The molecule has 0 bridgehead atoms. The molecule has 0 saturated heterocycles. The Hall–Kier alpha value is -3.20. The highest BCUT2D eigenvalue weighted by molar-refractivity contribution is 7.87. The molecular weight excluding hydrogens is 420 g/mol. The van der Waals surface area contributed by atoms with Crippen molar-refractivity contribution >= 4 is 27.8 Å². The molecule has 31 heavy (non-hydrogen) atoms. The van der Waals surface area contributed by atoms with Crippen LogP contribution in [0, 0.1) is 10.1 Å². The molecule has 2 aromatic rings. The van der Waals surface area contributed by atoms with Gasteiger partial charge in [-0.25, -0.2) is 0 Å². The van der Waals surface area contributed by atoms with E-state index in [1.807, 2.05) is 13.8 Å². The molecule has 0 aliphatic rings. The molecule has 0 fully saturated rings. The number of carbonyl (C=O) groups is 1. The molecule has 0 saturated carbocycles. The van der Waals surface area contributed by atoms with Crippen LogP contribution in [-0.4, -0.2) is 35.9 Å². The summed E-state index contributed by atoms with van der Waals surface area (Å²) in [6, 6.07) is 12.5. The number of nitro groups is 1. The first-order valence-electron chi connectivity index (χ1n) is 9.89. The number of hydrogen-bond acceptors (Lipinski definition) is 6. The van der Waals surface area contributed by atoms with Gasteiger partial charge in [0.2, 0.25) is 5.91 Å². The van der Waals surface area contributed by atoms with Crippen LogP contribution in [0.5, 0.6) is 5.75 Å². The molecule has 9 heteroatoms. The van der Waals surface area contributed by atoms with E-state index in [0.717, 1.165) is 12.0 Å². The predicted molar refractivity (Wildman–Crippen MR) is 119 cm³/mol. The van der Waals surface area contributed by atoms with E-state index in [9.17, 15) is 23.3 Å². The third kappa shape index (κ3) is 7.21. The summed E-state index contributed by atoms with van der Waals surface area (Å²) in [6.45, 7) is 5.78. The highest BCUT2D eigenvalue weighted by Crippen LogP contribution is 2.18. The topological polar surface area (TPSA) is 107 Å². The summed E-state index contributed by atoms with van der Waals surface area (Å²) in [6.07, 6.45) is 3.82. The van der Waals surface area contributed by atoms with Crippen molar-refractivity contribution < 1.29 is 22.3 Å². The van der Waals surface area contributed by atoms with Gasteiger partial charge in [-0.3, -0.25) is 14.9 Å². The van der Waals surface area contributed by atoms with Gasteiger partial charge in [-0.15, -0.1) is 0 Å². The number of hydrogen-bond donors (Lipinski definition) is 0. The van der Waals surface area contributed by atoms with Crippen molar-refractivity contribution in [1.29, 1.82) is 0 Å². The molecule has 0 N–H and O–H groups in total. The summed E-state index contributed by atoms with van der Waals surface area (Å²) in [5, 5.41) is 10.7. The van der Waals surface area contributed by atoms with Crippen LogP contribution in [0.4, 0.5) is 5.69 Å². The molecule has 1 unspecified atom stereocenters. The monoisotopic (exact) mass is 446 g/mol. The SMILES string of the molecule is CCC(C)N(Cc1ccc(OS(=O)(=O)CC)cc1)C(=O)/C=C/c1ccc([N+](=O)[O-])cc1. The molecule has 1 amide bonds. The van der Waals surface area contributed by atoms with Crippen LogP contribution < -0.4 is 4.18 Å². The van der Waals surface area contributed by atoms with Crippen molar-refractivity contribution in [3.63, 3.8) is 0 Å². The third-order valence-electron chi connectivity index (χ3n) is 4.78. The van der Waals surface area contributed by atoms with Gasteiger partial charge in [-0.05, 0) is 61.7 Å². The highest BCUT2D eigenvalue weighted by atomic mass is 32.2. The molecule has 0 spiro atoms. The first kappa shape index (κ1) is 24.1. The minimum absolute atomic E-state index is 0.0103. The number of amides is 1. The van der Waals surface area contributed by atoms with E-state index in [1.54, 1.807) is 47.4 Å². The van der Waals surface area contributed by atoms with Gasteiger partial charge < -0.3 is 9.08 Å². The lowest BCUT2D eigenvalue weighted by atomic mass is 10.1. The van der Waals surface area contributed by atoms with Gasteiger partial charge in [0.05, 0.1) is 10.7 Å². The average Bonchev–Trinajstić information content (AvgIpc) is 2.76. The number of benzene rings is 2. The predicted octanol–water partition coefficient (Wildman–Crippen LogP) is 4.16. The van der Waals surface area contributed by atoms with E-state index in [-0.39, 0.29) is 29.1 Å². The van der Waals surface area contributed by atoms with Crippen molar-refractivity contribution in [2.75, 3.05) is 5.75 Å². The number of rotatable bonds is 10. The molecule has 8 nitrogen and oxygen atoms in total. The first-order valence-corrected chi connectivity index (χ1v) is 11.5. The molecule has 2 rings (SSSR count). The lowest BCUT2D eigenvalue weighted by molar-refractivity contribution is -0.384. The van der Waals surface area contributed by atoms with Crippen molar-refractivity contribution in [2.24, 2.45) is 0 Å². The summed E-state index contributed by atoms with van der Waals surface area (Å²) in [4.78, 5) is 24.8. The Labute approximate surface area is 182 Å². The first-order chi connectivity index (χ1) is 14.6. The van der Waals surface area contributed by atoms with Gasteiger partial charge in [0.25, 0.3) is 5.69 Å². The lowest BCUT2D eigenvalue weighted by Gasteiger charge is -2.27. The Morgan fingerprint density at radius 1 is 1.13 bits per heavy atom. The van der Waals surface area contributed by atoms with Gasteiger partial charge >= 0.3 is 10.1 Å². The fourth-order valence-corrected chi connectivity index (χ4v) is 3.22. The Balaban J connectivity index is 2.12. The fraction of sp³-hybridized carbons (Fsp3) is 0.318. The maximum atomic E-state index is 12.8. The van der Waals surface area contributed by atoms with Crippen LogP contribution in [0.1, 0.15) is 38.3 Å². The van der Waals surface area contributed by atoms with Crippen LogP contribution in [0.3, 0.4) is 0 Å². The van der Waals surface area contributed by atoms with Crippen LogP contribution in [0.25, 0.3) is 6.08 Å². The quantitative estimate of drug-likeness (QED) is 0.235. The molecule has 0 aliphatic heterocycles. The Morgan fingerprint density at radius 2 is 1.74 bits per heavy atom. The molecule has 2 aromatic carbocycles. The van der Waals surface area contributed by atoms with E-state index in [0.29, 0.717) is 12.1 Å². The summed E-state index contributed by atoms with van der Waals surface area (Å²) in [5.41, 5.74) is 1.50. The smallest absolute Gasteiger partial charge is 0.308 e. The Bertz CT molecular complexity index is 1030. The maximum absolute atomic E-state index is 12.8. The fourth-order valence-electron chi connectivity index (χ4n) is 2.69. The minimum atomic E-state index is -3.59. The summed E-state index contributed by atoms with van der Waals surface area (Å²) in [5.74, 6) is -0.0850. The van der Waals surface area contributed by atoms with Gasteiger partial charge in [0.1, 0.15) is 5.75 Å². The van der Waals surface area contributed by atoms with Crippen molar-refractivity contribution in [2.45, 2.75) is 39.8 Å². The second kappa shape index (κ2) is 10.7. The zero-order chi connectivity index (χ0) is 23.0. The molecule has 0 radical (unpaired) electrons. The second-order valence-corrected chi connectivity index (χ2v) is 8.84. The third-order valence-corrected chi connectivity index (χ3v) is 5.93. The number of carbonyl (C=O) groups excluding carboxylic acids is 1. The average molecular weight is 447 g/mol. The normalized spacial score (nSPS) is 12.5. The number of non-ortho nitro benzene ring substituents is 1. The molecule has 0 aromatic heterocycles. The number of nitro benzene ring substituents is 1. The van der Waals surface area contributed by atoms with Crippen molar-refractivity contribution in [3.05, 3.63) is 75.8 Å². The van der Waals surface area contributed by atoms with Gasteiger partial charge in [0.15, 0.2) is 0 Å². The zero-order valence-electron chi connectivity index (χ0n) is 17.7. The highest BCUT2D eigenvalue weighted by Gasteiger charge is 2.18. The standard InChI is InChI=1S/C22H26N2O6S/c1-4-17(3)23(16-19-8-13-21(14-9-19)30-31(28,29)5-2)22(25)15-10-18-6-11-20(12-7-18)24(26)27/h6-15,17H,4-5,16H2,1-3H3/b15-10+. The second-order valence-electron chi connectivity index (χ2n) is 6.98. The van der Waals surface area contributed by atoms with E-state index in [1.165, 1.54) is 25.1 Å². The van der Waals surface area contributed by atoms with E-state index < -0.39 is 15.0 Å². The summed E-state index contributed by atoms with van der Waals surface area (Å²) < 4.78 is 28.1. The van der Waals surface area contributed by atoms with E-state index >= 15 is 0 Å². The van der Waals surface area contributed by atoms with Crippen molar-refractivity contribution in [3.8, 4) is 5.75 Å². The van der Waals surface area contributed by atoms with Gasteiger partial charge in [-0.1, -0.05) is 19.1 Å². The molecule has 1 atom stereocenters. The van der Waals surface area contributed by atoms with E-state index in [2.05, 4.69) is 0 Å². The summed E-state index contributed by atoms with van der Waals surface area (Å²) in [7, 11) is -3.59. The zero-order valence-corrected chi connectivity index (χ0v) is 18.5. The molecular formula is C22H26N2O6S. The van der Waals surface area contributed by atoms with Gasteiger partial charge in [0, 0.05) is 30.8 Å². The maximum Gasteiger partial charge on any atom is 0.308 e. The summed E-state index contributed by atoms with van der Waals surface area (Å²) >= 11 is 0. The van der Waals surface area contributed by atoms with Crippen LogP contribution in [0.15, 0.2) is 54.6 Å². The van der Waals surface area contributed by atoms with E-state index in [4.69, 9.17) is 4.18 Å².